The van der Waals surface area contributed by atoms with Crippen LogP contribution in [0.1, 0.15) is 0 Å². The first-order valence-electron chi connectivity index (χ1n) is 0.565. The van der Waals surface area contributed by atoms with E-state index in [1.165, 1.54) is 0 Å². The van der Waals surface area contributed by atoms with E-state index in [1.807, 2.05) is 0 Å². The molecule has 0 heterocycles. The van der Waals surface area contributed by atoms with Crippen LogP contribution in [-0.4, -0.2) is 27.1 Å². The van der Waals surface area contributed by atoms with E-state index in [2.05, 4.69) is 0 Å². The summed E-state index contributed by atoms with van der Waals surface area (Å²) in [6.45, 7) is 0. The van der Waals surface area contributed by atoms with E-state index in [0.717, 1.165) is 0 Å². The van der Waals surface area contributed by atoms with Crippen LogP contribution in [0.5, 0.6) is 0 Å². The van der Waals surface area contributed by atoms with Crippen LogP contribution in [-0.2, 0) is 22.7 Å². The molecule has 0 aromatic heterocycles. The second-order valence-corrected chi connectivity index (χ2v) is 0.981. The molecule has 1 N–H and O–H groups in total. The van der Waals surface area contributed by atoms with E-state index in [4.69, 9.17) is 11.4 Å². The Morgan fingerprint density at radius 3 is 1.40 bits per heavy atom. The third-order valence-electron chi connectivity index (χ3n) is 0. The van der Waals surface area contributed by atoms with Gasteiger partial charge < -0.3 is 0 Å². The molecule has 0 spiro atoms. The molecule has 3 nitrogen and oxygen atoms in total. The average Bonchev–Trinajstić information content (AvgIpc) is 0.811. The van der Waals surface area contributed by atoms with Crippen LogP contribution < -0.4 is 0 Å². The molecule has 0 bridgehead atoms. The van der Waals surface area contributed by atoms with Crippen LogP contribution in [0.2, 0.25) is 0 Å². The van der Waals surface area contributed by atoms with Crippen LogP contribution in [0.25, 0.3) is 0 Å². The predicted octanol–water partition coefficient (Wildman–Crippen LogP) is -1.71. The first-order chi connectivity index (χ1) is 1.73. The monoisotopic (exact) mass is 126 g/mol. The quantitative estimate of drug-likeness (QED) is 0.393. The zero-order valence-corrected chi connectivity index (χ0v) is 3.11. The minimum absolute atomic E-state index is 0. The van der Waals surface area contributed by atoms with Gasteiger partial charge >= 0.3 is 49.8 Å². The maximum atomic E-state index is 8.67. The zero-order chi connectivity index (χ0) is 3.58. The second kappa shape index (κ2) is 4.91. The van der Waals surface area contributed by atoms with Gasteiger partial charge in [0.1, 0.15) is 0 Å². The Morgan fingerprint density at radius 2 is 1.40 bits per heavy atom. The van der Waals surface area contributed by atoms with Crippen molar-refractivity contribution in [3.05, 3.63) is 0 Å². The molecule has 0 saturated heterocycles. The summed E-state index contributed by atoms with van der Waals surface area (Å²) in [5.74, 6) is 0. The van der Waals surface area contributed by atoms with Crippen molar-refractivity contribution in [1.82, 2.24) is 0 Å². The van der Waals surface area contributed by atoms with Crippen molar-refractivity contribution in [2.75, 3.05) is 0 Å². The van der Waals surface area contributed by atoms with Crippen molar-refractivity contribution in [2.24, 2.45) is 0 Å². The van der Waals surface area contributed by atoms with Gasteiger partial charge in [-0.05, 0) is 0 Å². The number of rotatable bonds is 0. The van der Waals surface area contributed by atoms with Crippen LogP contribution in [0, 0.1) is 0 Å². The van der Waals surface area contributed by atoms with Crippen LogP contribution in [0.4, 0.5) is 0 Å². The molecule has 0 fully saturated rings. The summed E-state index contributed by atoms with van der Waals surface area (Å²) < 4.78 is 24.4. The Labute approximate surface area is 49.9 Å². The summed E-state index contributed by atoms with van der Waals surface area (Å²) in [7, 11) is 0. The van der Waals surface area contributed by atoms with Gasteiger partial charge in [-0.15, -0.1) is 0 Å². The summed E-state index contributed by atoms with van der Waals surface area (Å²) in [4.78, 5) is 0. The Hall–Kier alpha value is 0.911. The minimum atomic E-state index is -3.69. The molecule has 0 aromatic rings. The molecule has 0 aromatic carbocycles. The van der Waals surface area contributed by atoms with Gasteiger partial charge in [-0.3, -0.25) is 0 Å². The van der Waals surface area contributed by atoms with Crippen molar-refractivity contribution < 1.29 is 26.8 Å². The van der Waals surface area contributed by atoms with E-state index >= 15 is 0 Å². The van der Waals surface area contributed by atoms with Crippen molar-refractivity contribution >= 4 is 23.1 Å². The molecule has 5 heteroatoms. The molecule has 0 unspecified atom stereocenters. The molecule has 28 valence electrons. The van der Waals surface area contributed by atoms with Gasteiger partial charge in [0.25, 0.3) is 0 Å². The molecule has 0 aliphatic rings. The summed E-state index contributed by atoms with van der Waals surface area (Å²) in [5.41, 5.74) is 0. The average molecular weight is 126 g/mol. The summed E-state index contributed by atoms with van der Waals surface area (Å²) in [5, 5.41) is 0. The third-order valence-corrected chi connectivity index (χ3v) is 0. The van der Waals surface area contributed by atoms with E-state index in [0.29, 0.717) is 0 Å². The molecule has 0 aliphatic carbocycles. The van der Waals surface area contributed by atoms with Crippen molar-refractivity contribution in [2.45, 2.75) is 0 Å². The Morgan fingerprint density at radius 1 is 1.40 bits per heavy atom. The van der Waals surface area contributed by atoms with Gasteiger partial charge in [0, 0.05) is 0 Å². The second-order valence-electron chi connectivity index (χ2n) is 0.238. The fraction of sp³-hybridized carbons (Fsp3) is 0. The van der Waals surface area contributed by atoms with Gasteiger partial charge in [-0.25, -0.2) is 0 Å². The fourth-order valence-corrected chi connectivity index (χ4v) is 0. The van der Waals surface area contributed by atoms with E-state index in [-0.39, 0.29) is 23.1 Å². The SMILES string of the molecule is [MgH2].[O]=[V](=[O])[OH]. The topological polar surface area (TPSA) is 54.4 Å². The Kier molecular flexibility index (Phi) is 9.15. The summed E-state index contributed by atoms with van der Waals surface area (Å²) >= 11 is -3.69. The number of hydrogen-bond donors (Lipinski definition) is 1. The van der Waals surface area contributed by atoms with Gasteiger partial charge in [0.2, 0.25) is 0 Å². The molecule has 0 atom stereocenters. The summed E-state index contributed by atoms with van der Waals surface area (Å²) in [6.07, 6.45) is 0. The van der Waals surface area contributed by atoms with Crippen LogP contribution in [0.3, 0.4) is 0 Å². The standard InChI is InChI=1S/Mg.H2O.2O.V.2H/h;1H2;;;;;/q;;;;+1;;/p-1. The molecule has 0 aliphatic heterocycles. The first-order valence-corrected chi connectivity index (χ1v) is 2.33. The molecule has 0 saturated carbocycles. The first kappa shape index (κ1) is 9.32. The van der Waals surface area contributed by atoms with Crippen LogP contribution >= 0.6 is 0 Å². The molecule has 0 amide bonds. The fourth-order valence-electron chi connectivity index (χ4n) is 0. The Bertz CT molecular complexity index is 55.3. The predicted molar refractivity (Wildman–Crippen MR) is 12.1 cm³/mol. The van der Waals surface area contributed by atoms with Gasteiger partial charge in [-0.2, -0.15) is 0 Å². The van der Waals surface area contributed by atoms with E-state index in [9.17, 15) is 0 Å². The van der Waals surface area contributed by atoms with Crippen molar-refractivity contribution in [1.29, 1.82) is 0 Å². The zero-order valence-electron chi connectivity index (χ0n) is 1.71. The third kappa shape index (κ3) is 50.2. The number of hydrogen-bond acceptors (Lipinski definition) is 2. The van der Waals surface area contributed by atoms with E-state index in [1.54, 1.807) is 0 Å². The van der Waals surface area contributed by atoms with E-state index < -0.39 is 15.4 Å². The van der Waals surface area contributed by atoms with Gasteiger partial charge in [-0.1, -0.05) is 0 Å². The van der Waals surface area contributed by atoms with Crippen molar-refractivity contribution in [3.63, 3.8) is 0 Å². The van der Waals surface area contributed by atoms with Crippen LogP contribution in [0.15, 0.2) is 0 Å². The molecule has 0 radical (unpaired) electrons. The normalized spacial score (nSPS) is 5.00. The maximum absolute atomic E-state index is 8.67. The van der Waals surface area contributed by atoms with Crippen molar-refractivity contribution in [3.8, 4) is 0 Å². The summed E-state index contributed by atoms with van der Waals surface area (Å²) in [6, 6.07) is 0. The Balaban J connectivity index is 0. The van der Waals surface area contributed by atoms with Gasteiger partial charge in [0.05, 0.1) is 0 Å². The molecule has 5 heavy (non-hydrogen) atoms. The molecule has 0 rings (SSSR count). The molecular formula is H3MgO3V. The molecular weight excluding hydrogens is 123 g/mol. The van der Waals surface area contributed by atoms with Gasteiger partial charge in [0.15, 0.2) is 0 Å².